The van der Waals surface area contributed by atoms with E-state index in [0.717, 1.165) is 16.6 Å². The number of nitro groups is 1. The minimum absolute atomic E-state index is 0.0763. The van der Waals surface area contributed by atoms with E-state index in [1.54, 1.807) is 0 Å². The van der Waals surface area contributed by atoms with Gasteiger partial charge in [0, 0.05) is 19.7 Å². The summed E-state index contributed by atoms with van der Waals surface area (Å²) in [4.78, 5) is 13.1. The van der Waals surface area contributed by atoms with Crippen LogP contribution in [0.15, 0.2) is 23.2 Å². The van der Waals surface area contributed by atoms with Crippen molar-refractivity contribution >= 4 is 15.8 Å². The minimum Gasteiger partial charge on any atom is -0.358 e. The van der Waals surface area contributed by atoms with Crippen LogP contribution in [-0.2, 0) is 10.0 Å². The Morgan fingerprint density at radius 3 is 2.61 bits per heavy atom. The molecule has 0 atom stereocenters. The van der Waals surface area contributed by atoms with Crippen LogP contribution in [0.3, 0.4) is 0 Å². The Balaban J connectivity index is 2.94. The van der Waals surface area contributed by atoms with Crippen LogP contribution in [0.25, 0.3) is 0 Å². The topological polar surface area (TPSA) is 119 Å². The van der Waals surface area contributed by atoms with Crippen molar-refractivity contribution in [2.45, 2.75) is 11.3 Å². The van der Waals surface area contributed by atoms with E-state index < -0.39 is 20.8 Å². The molecule has 100 valence electrons. The molecule has 0 aliphatic rings. The predicted molar refractivity (Wildman–Crippen MR) is 64.4 cm³/mol. The third-order valence-electron chi connectivity index (χ3n) is 2.29. The summed E-state index contributed by atoms with van der Waals surface area (Å²) in [6, 6.07) is 2.23. The highest BCUT2D eigenvalue weighted by molar-refractivity contribution is 7.89. The molecule has 18 heavy (non-hydrogen) atoms. The van der Waals surface area contributed by atoms with Crippen molar-refractivity contribution in [1.29, 1.82) is 0 Å². The molecule has 1 aromatic rings. The highest BCUT2D eigenvalue weighted by atomic mass is 32.2. The highest BCUT2D eigenvalue weighted by Gasteiger charge is 2.22. The third kappa shape index (κ3) is 3.22. The van der Waals surface area contributed by atoms with Gasteiger partial charge in [0.15, 0.2) is 6.20 Å². The molecule has 0 saturated heterocycles. The van der Waals surface area contributed by atoms with E-state index in [9.17, 15) is 18.5 Å². The van der Waals surface area contributed by atoms with Gasteiger partial charge in [0.05, 0.1) is 0 Å². The lowest BCUT2D eigenvalue weighted by Gasteiger charge is -2.15. The summed E-state index contributed by atoms with van der Waals surface area (Å²) in [6.07, 6.45) is 1.52. The number of pyridine rings is 1. The van der Waals surface area contributed by atoms with Crippen molar-refractivity contribution in [2.24, 2.45) is 5.73 Å². The maximum Gasteiger partial charge on any atom is 0.363 e. The molecule has 9 heteroatoms. The van der Waals surface area contributed by atoms with Crippen LogP contribution in [-0.4, -0.2) is 42.8 Å². The Labute approximate surface area is 105 Å². The van der Waals surface area contributed by atoms with Gasteiger partial charge in [-0.1, -0.05) is 0 Å². The van der Waals surface area contributed by atoms with Gasteiger partial charge in [-0.05, 0) is 28.9 Å². The highest BCUT2D eigenvalue weighted by Crippen LogP contribution is 2.16. The first kappa shape index (κ1) is 14.5. The van der Waals surface area contributed by atoms with E-state index in [2.05, 4.69) is 4.98 Å². The fraction of sp³-hybridized carbons (Fsp3) is 0.444. The van der Waals surface area contributed by atoms with E-state index >= 15 is 0 Å². The van der Waals surface area contributed by atoms with Crippen LogP contribution in [0.2, 0.25) is 0 Å². The number of rotatable bonds is 6. The average molecular weight is 274 g/mol. The van der Waals surface area contributed by atoms with Crippen LogP contribution >= 0.6 is 0 Å². The van der Waals surface area contributed by atoms with Crippen molar-refractivity contribution in [2.75, 3.05) is 20.1 Å². The van der Waals surface area contributed by atoms with E-state index in [1.807, 2.05) is 0 Å². The largest absolute Gasteiger partial charge is 0.363 e. The first-order chi connectivity index (χ1) is 8.39. The van der Waals surface area contributed by atoms with Gasteiger partial charge in [0.2, 0.25) is 10.0 Å². The van der Waals surface area contributed by atoms with E-state index in [0.29, 0.717) is 13.0 Å². The second kappa shape index (κ2) is 5.85. The van der Waals surface area contributed by atoms with Gasteiger partial charge >= 0.3 is 5.82 Å². The molecule has 0 unspecified atom stereocenters. The molecule has 0 bridgehead atoms. The molecule has 0 fully saturated rings. The van der Waals surface area contributed by atoms with E-state index in [1.165, 1.54) is 13.1 Å². The van der Waals surface area contributed by atoms with Gasteiger partial charge in [-0.3, -0.25) is 0 Å². The molecule has 0 saturated carbocycles. The molecule has 1 rings (SSSR count). The molecule has 0 aliphatic carbocycles. The fourth-order valence-corrected chi connectivity index (χ4v) is 2.40. The Hall–Kier alpha value is -1.58. The average Bonchev–Trinajstić information content (AvgIpc) is 2.35. The lowest BCUT2D eigenvalue weighted by Crippen LogP contribution is -2.29. The standard InChI is InChI=1S/C9H14N4O4S/c1-12(6-2-5-10)18(16,17)8-3-4-9(11-7-8)13(14)15/h3-4,7H,2,5-6,10H2,1H3. The third-order valence-corrected chi connectivity index (χ3v) is 4.13. The summed E-state index contributed by atoms with van der Waals surface area (Å²) in [7, 11) is -2.24. The second-order valence-electron chi connectivity index (χ2n) is 3.58. The van der Waals surface area contributed by atoms with Gasteiger partial charge in [-0.2, -0.15) is 0 Å². The number of hydrogen-bond donors (Lipinski definition) is 1. The number of aromatic nitrogens is 1. The van der Waals surface area contributed by atoms with Crippen LogP contribution < -0.4 is 5.73 Å². The zero-order valence-corrected chi connectivity index (χ0v) is 10.6. The van der Waals surface area contributed by atoms with Gasteiger partial charge < -0.3 is 15.8 Å². The van der Waals surface area contributed by atoms with Crippen LogP contribution in [0.4, 0.5) is 5.82 Å². The molecule has 0 spiro atoms. The molecule has 8 nitrogen and oxygen atoms in total. The Bertz CT molecular complexity index is 514. The first-order valence-electron chi connectivity index (χ1n) is 5.16. The first-order valence-corrected chi connectivity index (χ1v) is 6.60. The maximum atomic E-state index is 12.0. The fourth-order valence-electron chi connectivity index (χ4n) is 1.25. The van der Waals surface area contributed by atoms with Crippen molar-refractivity contribution in [1.82, 2.24) is 9.29 Å². The molecule has 2 N–H and O–H groups in total. The number of nitrogens with two attached hydrogens (primary N) is 1. The molecule has 0 amide bonds. The summed E-state index contributed by atoms with van der Waals surface area (Å²) in [5.41, 5.74) is 5.30. The van der Waals surface area contributed by atoms with E-state index in [4.69, 9.17) is 5.73 Å². The van der Waals surface area contributed by atoms with Gasteiger partial charge in [-0.25, -0.2) is 12.7 Å². The predicted octanol–water partition coefficient (Wildman–Crippen LogP) is -0.0409. The van der Waals surface area contributed by atoms with Gasteiger partial charge in [0.1, 0.15) is 4.90 Å². The number of hydrogen-bond acceptors (Lipinski definition) is 6. The monoisotopic (exact) mass is 274 g/mol. The molecule has 0 aromatic carbocycles. The molecule has 0 aliphatic heterocycles. The van der Waals surface area contributed by atoms with Crippen molar-refractivity contribution in [3.05, 3.63) is 28.4 Å². The number of sulfonamides is 1. The van der Waals surface area contributed by atoms with Crippen molar-refractivity contribution < 1.29 is 13.3 Å². The Kier molecular flexibility index (Phi) is 4.70. The normalized spacial score (nSPS) is 11.7. The summed E-state index contributed by atoms with van der Waals surface area (Å²) in [5.74, 6) is -0.390. The maximum absolute atomic E-state index is 12.0. The zero-order chi connectivity index (χ0) is 13.8. The summed E-state index contributed by atoms with van der Waals surface area (Å²) in [5, 5.41) is 10.4. The summed E-state index contributed by atoms with van der Waals surface area (Å²) >= 11 is 0. The van der Waals surface area contributed by atoms with Crippen molar-refractivity contribution in [3.8, 4) is 0 Å². The summed E-state index contributed by atoms with van der Waals surface area (Å²) < 4.78 is 25.1. The SMILES string of the molecule is CN(CCCN)S(=O)(=O)c1ccc([N+](=O)[O-])nc1. The van der Waals surface area contributed by atoms with Gasteiger partial charge in [-0.15, -0.1) is 0 Å². The molecule has 1 heterocycles. The van der Waals surface area contributed by atoms with Gasteiger partial charge in [0.25, 0.3) is 0 Å². The van der Waals surface area contributed by atoms with Crippen molar-refractivity contribution in [3.63, 3.8) is 0 Å². The lowest BCUT2D eigenvalue weighted by atomic mass is 10.4. The summed E-state index contributed by atoms with van der Waals surface area (Å²) in [6.45, 7) is 0.675. The number of nitrogens with zero attached hydrogens (tertiary/aromatic N) is 3. The lowest BCUT2D eigenvalue weighted by molar-refractivity contribution is -0.389. The van der Waals surface area contributed by atoms with Crippen LogP contribution in [0, 0.1) is 10.1 Å². The Morgan fingerprint density at radius 1 is 1.50 bits per heavy atom. The van der Waals surface area contributed by atoms with E-state index in [-0.39, 0.29) is 11.4 Å². The molecule has 1 aromatic heterocycles. The minimum atomic E-state index is -3.66. The molecule has 0 radical (unpaired) electrons. The quantitative estimate of drug-likeness (QED) is 0.574. The van der Waals surface area contributed by atoms with Crippen LogP contribution in [0.1, 0.15) is 6.42 Å². The second-order valence-corrected chi connectivity index (χ2v) is 5.62. The Morgan fingerprint density at radius 2 is 2.17 bits per heavy atom. The zero-order valence-electron chi connectivity index (χ0n) is 9.81. The molecular weight excluding hydrogens is 260 g/mol. The van der Waals surface area contributed by atoms with Crippen LogP contribution in [0.5, 0.6) is 0 Å². The molecular formula is C9H14N4O4S. The smallest absolute Gasteiger partial charge is 0.358 e.